The second-order valence-electron chi connectivity index (χ2n) is 5.17. The molecule has 4 heteroatoms. The number of hydrogen-bond acceptors (Lipinski definition) is 4. The number of carbonyl (C=O) groups is 1. The van der Waals surface area contributed by atoms with Crippen molar-refractivity contribution in [2.45, 2.75) is 19.8 Å². The summed E-state index contributed by atoms with van der Waals surface area (Å²) in [4.78, 5) is 14.6. The van der Waals surface area contributed by atoms with Crippen molar-refractivity contribution < 1.29 is 14.3 Å². The van der Waals surface area contributed by atoms with Crippen molar-refractivity contribution in [3.05, 3.63) is 35.4 Å². The van der Waals surface area contributed by atoms with E-state index in [0.717, 1.165) is 43.8 Å². The van der Waals surface area contributed by atoms with Gasteiger partial charge in [-0.3, -0.25) is 4.79 Å². The van der Waals surface area contributed by atoms with Gasteiger partial charge >= 0.3 is 0 Å². The van der Waals surface area contributed by atoms with Crippen LogP contribution in [0.3, 0.4) is 0 Å². The van der Waals surface area contributed by atoms with Gasteiger partial charge in [-0.25, -0.2) is 0 Å². The second kappa shape index (κ2) is 10.5. The quantitative estimate of drug-likeness (QED) is 0.464. The summed E-state index contributed by atoms with van der Waals surface area (Å²) in [5.41, 5.74) is 1.88. The van der Waals surface area contributed by atoms with Crippen LogP contribution in [-0.4, -0.2) is 57.8 Å². The molecule has 118 valence electrons. The third-order valence-corrected chi connectivity index (χ3v) is 3.54. The highest BCUT2D eigenvalue weighted by Gasteiger charge is 2.11. The van der Waals surface area contributed by atoms with Gasteiger partial charge in [-0.1, -0.05) is 24.3 Å². The van der Waals surface area contributed by atoms with E-state index in [2.05, 4.69) is 4.90 Å². The van der Waals surface area contributed by atoms with Crippen molar-refractivity contribution in [1.29, 1.82) is 0 Å². The van der Waals surface area contributed by atoms with Crippen LogP contribution < -0.4 is 0 Å². The monoisotopic (exact) mass is 293 g/mol. The zero-order valence-electron chi connectivity index (χ0n) is 13.4. The first kappa shape index (κ1) is 17.8. The lowest BCUT2D eigenvalue weighted by atomic mass is 10.0. The van der Waals surface area contributed by atoms with E-state index < -0.39 is 0 Å². The number of aryl methyl sites for hydroxylation is 1. The molecular formula is C17H27NO3. The van der Waals surface area contributed by atoms with Crippen molar-refractivity contribution in [3.63, 3.8) is 0 Å². The summed E-state index contributed by atoms with van der Waals surface area (Å²) in [6.07, 6.45) is 1.51. The molecule has 0 radical (unpaired) electrons. The molecule has 1 aromatic rings. The van der Waals surface area contributed by atoms with E-state index in [0.29, 0.717) is 13.0 Å². The third kappa shape index (κ3) is 6.85. The molecule has 0 aliphatic heterocycles. The standard InChI is InChI=1S/C17H27NO3/c1-15-7-4-5-8-16(15)17(19)9-11-18(12-14-21-3)10-6-13-20-2/h4-5,7-8H,6,9-14H2,1-3H3. The minimum Gasteiger partial charge on any atom is -0.385 e. The maximum atomic E-state index is 12.3. The Kier molecular flexibility index (Phi) is 8.90. The van der Waals surface area contributed by atoms with E-state index in [1.54, 1.807) is 14.2 Å². The molecule has 1 rings (SSSR count). The molecule has 0 aliphatic rings. The van der Waals surface area contributed by atoms with Crippen molar-refractivity contribution in [3.8, 4) is 0 Å². The van der Waals surface area contributed by atoms with Crippen molar-refractivity contribution >= 4 is 5.78 Å². The Bertz CT molecular complexity index is 420. The predicted octanol–water partition coefficient (Wildman–Crippen LogP) is 2.55. The summed E-state index contributed by atoms with van der Waals surface area (Å²) in [6.45, 7) is 5.95. The Balaban J connectivity index is 2.47. The van der Waals surface area contributed by atoms with Crippen molar-refractivity contribution in [2.24, 2.45) is 0 Å². The van der Waals surface area contributed by atoms with Gasteiger partial charge in [0.25, 0.3) is 0 Å². The number of Topliss-reactive ketones (excluding diaryl/α,β-unsaturated/α-hetero) is 1. The lowest BCUT2D eigenvalue weighted by Gasteiger charge is -2.21. The number of ether oxygens (including phenoxy) is 2. The number of nitrogens with zero attached hydrogens (tertiary/aromatic N) is 1. The first-order valence-electron chi connectivity index (χ1n) is 7.48. The molecule has 0 aliphatic carbocycles. The zero-order valence-corrected chi connectivity index (χ0v) is 13.4. The van der Waals surface area contributed by atoms with Gasteiger partial charge in [0.2, 0.25) is 0 Å². The maximum absolute atomic E-state index is 12.3. The fourth-order valence-corrected chi connectivity index (χ4v) is 2.27. The third-order valence-electron chi connectivity index (χ3n) is 3.54. The summed E-state index contributed by atoms with van der Waals surface area (Å²) < 4.78 is 10.2. The van der Waals surface area contributed by atoms with E-state index in [1.165, 1.54) is 0 Å². The Hall–Kier alpha value is -1.23. The van der Waals surface area contributed by atoms with Gasteiger partial charge in [-0.15, -0.1) is 0 Å². The van der Waals surface area contributed by atoms with E-state index in [4.69, 9.17) is 9.47 Å². The van der Waals surface area contributed by atoms with Crippen molar-refractivity contribution in [1.82, 2.24) is 4.90 Å². The lowest BCUT2D eigenvalue weighted by molar-refractivity contribution is 0.0940. The van der Waals surface area contributed by atoms with E-state index in [1.807, 2.05) is 31.2 Å². The summed E-state index contributed by atoms with van der Waals surface area (Å²) in [5.74, 6) is 0.210. The number of hydrogen-bond donors (Lipinski definition) is 0. The Labute approximate surface area is 128 Å². The summed E-state index contributed by atoms with van der Waals surface area (Å²) in [6, 6.07) is 7.76. The van der Waals surface area contributed by atoms with E-state index in [9.17, 15) is 4.79 Å². The van der Waals surface area contributed by atoms with Crippen LogP contribution in [0.5, 0.6) is 0 Å². The number of rotatable bonds is 11. The van der Waals surface area contributed by atoms with Crippen molar-refractivity contribution in [2.75, 3.05) is 47.1 Å². The molecule has 0 atom stereocenters. The minimum atomic E-state index is 0.210. The van der Waals surface area contributed by atoms with Gasteiger partial charge in [0.15, 0.2) is 5.78 Å². The first-order valence-corrected chi connectivity index (χ1v) is 7.48. The van der Waals surface area contributed by atoms with Crippen LogP contribution in [0.4, 0.5) is 0 Å². The molecule has 4 nitrogen and oxygen atoms in total. The Morgan fingerprint density at radius 3 is 2.43 bits per heavy atom. The molecular weight excluding hydrogens is 266 g/mol. The molecule has 0 heterocycles. The summed E-state index contributed by atoms with van der Waals surface area (Å²) in [5, 5.41) is 0. The van der Waals surface area contributed by atoms with Gasteiger partial charge in [-0.05, 0) is 18.9 Å². The average molecular weight is 293 g/mol. The van der Waals surface area contributed by atoms with Gasteiger partial charge in [-0.2, -0.15) is 0 Å². The molecule has 0 saturated heterocycles. The molecule has 0 unspecified atom stereocenters. The maximum Gasteiger partial charge on any atom is 0.164 e. The second-order valence-corrected chi connectivity index (χ2v) is 5.17. The Morgan fingerprint density at radius 2 is 1.76 bits per heavy atom. The van der Waals surface area contributed by atoms with Crippen LogP contribution >= 0.6 is 0 Å². The highest BCUT2D eigenvalue weighted by molar-refractivity contribution is 5.97. The fourth-order valence-electron chi connectivity index (χ4n) is 2.27. The normalized spacial score (nSPS) is 11.0. The fraction of sp³-hybridized carbons (Fsp3) is 0.588. The topological polar surface area (TPSA) is 38.8 Å². The molecule has 0 amide bonds. The molecule has 1 aromatic carbocycles. The highest BCUT2D eigenvalue weighted by atomic mass is 16.5. The minimum absolute atomic E-state index is 0.210. The molecule has 0 spiro atoms. The predicted molar refractivity (Wildman–Crippen MR) is 84.9 cm³/mol. The highest BCUT2D eigenvalue weighted by Crippen LogP contribution is 2.10. The molecule has 0 N–H and O–H groups in total. The molecule has 0 bridgehead atoms. The number of carbonyl (C=O) groups excluding carboxylic acids is 1. The van der Waals surface area contributed by atoms with Crippen LogP contribution in [0.15, 0.2) is 24.3 Å². The Morgan fingerprint density at radius 1 is 1.05 bits per heavy atom. The number of methoxy groups -OCH3 is 2. The van der Waals surface area contributed by atoms with Crippen LogP contribution in [0, 0.1) is 6.92 Å². The van der Waals surface area contributed by atoms with Gasteiger partial charge in [0.05, 0.1) is 6.61 Å². The zero-order chi connectivity index (χ0) is 15.5. The molecule has 21 heavy (non-hydrogen) atoms. The largest absolute Gasteiger partial charge is 0.385 e. The number of benzene rings is 1. The van der Waals surface area contributed by atoms with Gasteiger partial charge in [0.1, 0.15) is 0 Å². The SMILES string of the molecule is COCCCN(CCOC)CCC(=O)c1ccccc1C. The van der Waals surface area contributed by atoms with Crippen LogP contribution in [0.1, 0.15) is 28.8 Å². The van der Waals surface area contributed by atoms with E-state index >= 15 is 0 Å². The van der Waals surface area contributed by atoms with Crippen LogP contribution in [0.2, 0.25) is 0 Å². The van der Waals surface area contributed by atoms with Crippen LogP contribution in [0.25, 0.3) is 0 Å². The summed E-state index contributed by atoms with van der Waals surface area (Å²) >= 11 is 0. The van der Waals surface area contributed by atoms with E-state index in [-0.39, 0.29) is 5.78 Å². The first-order chi connectivity index (χ1) is 10.2. The number of ketones is 1. The lowest BCUT2D eigenvalue weighted by Crippen LogP contribution is -2.31. The van der Waals surface area contributed by atoms with Gasteiger partial charge < -0.3 is 14.4 Å². The molecule has 0 aromatic heterocycles. The smallest absolute Gasteiger partial charge is 0.164 e. The summed E-state index contributed by atoms with van der Waals surface area (Å²) in [7, 11) is 3.41. The molecule has 0 saturated carbocycles. The average Bonchev–Trinajstić information content (AvgIpc) is 2.49. The van der Waals surface area contributed by atoms with Gasteiger partial charge in [0, 0.05) is 52.4 Å². The molecule has 0 fully saturated rings. The van der Waals surface area contributed by atoms with Crippen LogP contribution in [-0.2, 0) is 9.47 Å².